The van der Waals surface area contributed by atoms with E-state index >= 15 is 0 Å². The number of nitrogens with one attached hydrogen (secondary N) is 1. The second-order valence-corrected chi connectivity index (χ2v) is 6.86. The zero-order valence-corrected chi connectivity index (χ0v) is 12.9. The zero-order valence-electron chi connectivity index (χ0n) is 12.9. The van der Waals surface area contributed by atoms with E-state index in [0.717, 1.165) is 44.9 Å². The highest BCUT2D eigenvalue weighted by Gasteiger charge is 2.48. The molecular formula is C16H25N3O3. The third-order valence-corrected chi connectivity index (χ3v) is 5.54. The van der Waals surface area contributed by atoms with Crippen LogP contribution in [0.2, 0.25) is 0 Å². The van der Waals surface area contributed by atoms with E-state index in [-0.39, 0.29) is 42.1 Å². The van der Waals surface area contributed by atoms with Gasteiger partial charge in [-0.25, -0.2) is 0 Å². The topological polar surface area (TPSA) is 92.5 Å². The molecule has 0 bridgehead atoms. The molecule has 0 radical (unpaired) electrons. The first kappa shape index (κ1) is 15.5. The Balaban J connectivity index is 1.59. The molecule has 0 aromatic carbocycles. The molecule has 3 N–H and O–H groups in total. The summed E-state index contributed by atoms with van der Waals surface area (Å²) in [7, 11) is 0. The van der Waals surface area contributed by atoms with Crippen LogP contribution in [0.3, 0.4) is 0 Å². The average Bonchev–Trinajstić information content (AvgIpc) is 3.06. The average molecular weight is 307 g/mol. The van der Waals surface area contributed by atoms with Crippen LogP contribution in [-0.4, -0.2) is 41.8 Å². The molecule has 2 aliphatic carbocycles. The standard InChI is InChI=1S/C16H25N3O3/c17-8-10-4-3-7-13(10)18-14(20)9-19-15(21)11-5-1-2-6-12(11)16(19)22/h10-13H,1-9,17H2,(H,18,20). The van der Waals surface area contributed by atoms with Crippen molar-refractivity contribution in [1.82, 2.24) is 10.2 Å². The maximum Gasteiger partial charge on any atom is 0.240 e. The lowest BCUT2D eigenvalue weighted by Crippen LogP contribution is -2.46. The molecule has 122 valence electrons. The van der Waals surface area contributed by atoms with Crippen molar-refractivity contribution in [2.24, 2.45) is 23.5 Å². The highest BCUT2D eigenvalue weighted by atomic mass is 16.2. The van der Waals surface area contributed by atoms with Crippen LogP contribution >= 0.6 is 0 Å². The van der Waals surface area contributed by atoms with E-state index in [2.05, 4.69) is 5.32 Å². The normalized spacial score (nSPS) is 34.9. The summed E-state index contributed by atoms with van der Waals surface area (Å²) < 4.78 is 0. The van der Waals surface area contributed by atoms with Crippen LogP contribution in [0, 0.1) is 17.8 Å². The van der Waals surface area contributed by atoms with Crippen LogP contribution in [-0.2, 0) is 14.4 Å². The summed E-state index contributed by atoms with van der Waals surface area (Å²) in [6.07, 6.45) is 6.60. The molecule has 3 rings (SSSR count). The van der Waals surface area contributed by atoms with Gasteiger partial charge in [-0.2, -0.15) is 0 Å². The van der Waals surface area contributed by atoms with E-state index in [0.29, 0.717) is 12.5 Å². The van der Waals surface area contributed by atoms with Gasteiger partial charge in [0.05, 0.1) is 11.8 Å². The second kappa shape index (κ2) is 6.36. The minimum atomic E-state index is -0.231. The van der Waals surface area contributed by atoms with Gasteiger partial charge in [0.1, 0.15) is 6.54 Å². The van der Waals surface area contributed by atoms with Crippen LogP contribution in [0.15, 0.2) is 0 Å². The summed E-state index contributed by atoms with van der Waals surface area (Å²) in [5.41, 5.74) is 5.72. The molecule has 4 unspecified atom stereocenters. The summed E-state index contributed by atoms with van der Waals surface area (Å²) in [5, 5.41) is 2.96. The number of nitrogens with zero attached hydrogens (tertiary/aromatic N) is 1. The number of fused-ring (bicyclic) bond motifs is 1. The monoisotopic (exact) mass is 307 g/mol. The highest BCUT2D eigenvalue weighted by molar-refractivity contribution is 6.07. The first-order chi connectivity index (χ1) is 10.6. The Morgan fingerprint density at radius 1 is 1.05 bits per heavy atom. The maximum absolute atomic E-state index is 12.3. The molecule has 0 aromatic heterocycles. The fourth-order valence-electron chi connectivity index (χ4n) is 4.29. The van der Waals surface area contributed by atoms with Crippen molar-refractivity contribution in [3.05, 3.63) is 0 Å². The molecule has 4 atom stereocenters. The van der Waals surface area contributed by atoms with Crippen molar-refractivity contribution >= 4 is 17.7 Å². The van der Waals surface area contributed by atoms with E-state index in [1.807, 2.05) is 0 Å². The van der Waals surface area contributed by atoms with Crippen LogP contribution in [0.1, 0.15) is 44.9 Å². The molecule has 6 heteroatoms. The molecule has 1 aliphatic heterocycles. The van der Waals surface area contributed by atoms with Crippen LogP contribution < -0.4 is 11.1 Å². The van der Waals surface area contributed by atoms with Crippen LogP contribution in [0.4, 0.5) is 0 Å². The number of carbonyl (C=O) groups excluding carboxylic acids is 3. The Labute approximate surface area is 130 Å². The Morgan fingerprint density at radius 2 is 1.68 bits per heavy atom. The molecule has 22 heavy (non-hydrogen) atoms. The van der Waals surface area contributed by atoms with Crippen molar-refractivity contribution in [2.45, 2.75) is 51.0 Å². The largest absolute Gasteiger partial charge is 0.351 e. The third-order valence-electron chi connectivity index (χ3n) is 5.54. The van der Waals surface area contributed by atoms with Crippen LogP contribution in [0.5, 0.6) is 0 Å². The summed E-state index contributed by atoms with van der Waals surface area (Å²) in [6.45, 7) is 0.440. The van der Waals surface area contributed by atoms with E-state index < -0.39 is 0 Å². The smallest absolute Gasteiger partial charge is 0.240 e. The fraction of sp³-hybridized carbons (Fsp3) is 0.812. The second-order valence-electron chi connectivity index (χ2n) is 6.86. The minimum Gasteiger partial charge on any atom is -0.351 e. The fourth-order valence-corrected chi connectivity index (χ4v) is 4.29. The zero-order chi connectivity index (χ0) is 15.7. The van der Waals surface area contributed by atoms with Crippen LogP contribution in [0.25, 0.3) is 0 Å². The number of hydrogen-bond donors (Lipinski definition) is 2. The van der Waals surface area contributed by atoms with Crippen molar-refractivity contribution in [3.8, 4) is 0 Å². The van der Waals surface area contributed by atoms with Gasteiger partial charge in [-0.3, -0.25) is 19.3 Å². The van der Waals surface area contributed by atoms with Gasteiger partial charge in [-0.1, -0.05) is 19.3 Å². The Hall–Kier alpha value is -1.43. The van der Waals surface area contributed by atoms with Crippen molar-refractivity contribution in [3.63, 3.8) is 0 Å². The van der Waals surface area contributed by atoms with E-state index in [9.17, 15) is 14.4 Å². The lowest BCUT2D eigenvalue weighted by Gasteiger charge is -2.21. The van der Waals surface area contributed by atoms with Gasteiger partial charge in [-0.05, 0) is 38.1 Å². The number of amides is 3. The maximum atomic E-state index is 12.3. The van der Waals surface area contributed by atoms with Gasteiger partial charge in [0.15, 0.2) is 0 Å². The molecule has 3 fully saturated rings. The SMILES string of the molecule is NCC1CCCC1NC(=O)CN1C(=O)C2CCCCC2C1=O. The summed E-state index contributed by atoms with van der Waals surface area (Å²) in [4.78, 5) is 38.1. The first-order valence-corrected chi connectivity index (χ1v) is 8.46. The Kier molecular flexibility index (Phi) is 4.47. The minimum absolute atomic E-state index is 0.0904. The summed E-state index contributed by atoms with van der Waals surface area (Å²) in [5.74, 6) is -0.574. The third kappa shape index (κ3) is 2.76. The summed E-state index contributed by atoms with van der Waals surface area (Å²) >= 11 is 0. The van der Waals surface area contributed by atoms with Gasteiger partial charge in [0.2, 0.25) is 17.7 Å². The van der Waals surface area contributed by atoms with Crippen molar-refractivity contribution in [1.29, 1.82) is 0 Å². The van der Waals surface area contributed by atoms with E-state index in [4.69, 9.17) is 5.73 Å². The lowest BCUT2D eigenvalue weighted by molar-refractivity contribution is -0.143. The molecular weight excluding hydrogens is 282 g/mol. The van der Waals surface area contributed by atoms with Gasteiger partial charge in [-0.15, -0.1) is 0 Å². The number of nitrogens with two attached hydrogens (primary N) is 1. The Morgan fingerprint density at radius 3 is 2.27 bits per heavy atom. The summed E-state index contributed by atoms with van der Waals surface area (Å²) in [6, 6.07) is 0.0904. The lowest BCUT2D eigenvalue weighted by atomic mass is 9.81. The molecule has 3 aliphatic rings. The van der Waals surface area contributed by atoms with Gasteiger partial charge in [0, 0.05) is 6.04 Å². The van der Waals surface area contributed by atoms with Crippen molar-refractivity contribution in [2.75, 3.05) is 13.1 Å². The molecule has 2 saturated carbocycles. The quantitative estimate of drug-likeness (QED) is 0.736. The van der Waals surface area contributed by atoms with E-state index in [1.54, 1.807) is 0 Å². The number of rotatable bonds is 4. The van der Waals surface area contributed by atoms with E-state index in [1.165, 1.54) is 4.90 Å². The first-order valence-electron chi connectivity index (χ1n) is 8.46. The highest BCUT2D eigenvalue weighted by Crippen LogP contribution is 2.37. The molecule has 1 heterocycles. The number of hydrogen-bond acceptors (Lipinski definition) is 4. The molecule has 3 amide bonds. The molecule has 0 spiro atoms. The number of carbonyl (C=O) groups is 3. The molecule has 6 nitrogen and oxygen atoms in total. The van der Waals surface area contributed by atoms with Crippen molar-refractivity contribution < 1.29 is 14.4 Å². The van der Waals surface area contributed by atoms with Gasteiger partial charge < -0.3 is 11.1 Å². The number of likely N-dealkylation sites (tertiary alicyclic amines) is 1. The predicted molar refractivity (Wildman–Crippen MR) is 80.5 cm³/mol. The predicted octanol–water partition coefficient (Wildman–Crippen LogP) is 0.405. The van der Waals surface area contributed by atoms with Gasteiger partial charge in [0.25, 0.3) is 0 Å². The number of imide groups is 1. The van der Waals surface area contributed by atoms with Gasteiger partial charge >= 0.3 is 0 Å². The Bertz CT molecular complexity index is 455. The molecule has 0 aromatic rings. The molecule has 1 saturated heterocycles.